The van der Waals surface area contributed by atoms with Gasteiger partial charge >= 0.3 is 19.9 Å². The summed E-state index contributed by atoms with van der Waals surface area (Å²) in [6, 6.07) is -3.63. The predicted octanol–water partition coefficient (Wildman–Crippen LogP) is -0.615. The number of nitrogens with two attached hydrogens (primary N) is 3. The molecule has 22 atom stereocenters. The number of rotatable bonds is 33. The van der Waals surface area contributed by atoms with Gasteiger partial charge in [0.1, 0.15) is 66.5 Å². The highest BCUT2D eigenvalue weighted by atomic mass is 31.2. The van der Waals surface area contributed by atoms with Gasteiger partial charge in [-0.25, -0.2) is 14.2 Å². The molecule has 22 unspecified atom stereocenters. The largest absolute Gasteiger partial charge is 0.479 e. The number of carbonyl (C=O) groups is 6. The monoisotopic (exact) mass is 1320 g/mol. The lowest BCUT2D eigenvalue weighted by atomic mass is 9.85. The molecule has 0 saturated carbocycles. The minimum Gasteiger partial charge on any atom is -0.479 e. The van der Waals surface area contributed by atoms with E-state index in [9.17, 15) is 79.1 Å². The maximum atomic E-state index is 13.8. The Kier molecular flexibility index (Phi) is 30.0. The standard InChI is InChI=1S/C58H94N5O27P/c1-27(2)15-14-17-28(3)18-19-30(5)20-23-57(9,10)22-13-12-16-29(4)21-24-80-35(51(74)75)26-81-91(78,79)90-55-46(47(89-56(61)76)58(11,77)48(88-55)50(60)73)87-53-37(63-33(8)66)39(68)44(34(25-64)83-53)85-52-36(62-32(7)65)38(67)43(31(6)82-52)84-54-42(71)40(69)41(70)45(86-54)49(59)72/h13,15,18,21-22,31,34-48,52-55,64,67-71,77H,5,12,14,16-17,19-20,23-26H2,1-4,6-11H3,(H2,59,72)(H2,60,73)(H2,61,76)(H,62,65)(H,63,66)(H,74,75)(H,78,79). The third-order valence-corrected chi connectivity index (χ3v) is 16.4. The van der Waals surface area contributed by atoms with Gasteiger partial charge in [-0.2, -0.15) is 0 Å². The number of allylic oxidation sites excluding steroid dienone is 8. The van der Waals surface area contributed by atoms with Crippen LogP contribution in [0.1, 0.15) is 114 Å². The van der Waals surface area contributed by atoms with Gasteiger partial charge in [-0.15, -0.1) is 0 Å². The number of primary amides is 3. The van der Waals surface area contributed by atoms with Crippen molar-refractivity contribution in [1.29, 1.82) is 0 Å². The molecule has 0 aliphatic carbocycles. The predicted molar refractivity (Wildman–Crippen MR) is 316 cm³/mol. The zero-order valence-corrected chi connectivity index (χ0v) is 53.7. The van der Waals surface area contributed by atoms with Gasteiger partial charge in [0.15, 0.2) is 55.7 Å². The molecule has 4 aliphatic heterocycles. The minimum atomic E-state index is -5.71. The van der Waals surface area contributed by atoms with Crippen molar-refractivity contribution >= 4 is 43.5 Å². The molecule has 4 heterocycles. The Morgan fingerprint density at radius 1 is 0.725 bits per heavy atom. The lowest BCUT2D eigenvalue weighted by Crippen LogP contribution is -2.72. The van der Waals surface area contributed by atoms with Gasteiger partial charge in [-0.05, 0) is 91.9 Å². The van der Waals surface area contributed by atoms with Crippen molar-refractivity contribution in [2.24, 2.45) is 22.6 Å². The van der Waals surface area contributed by atoms with Crippen LogP contribution >= 0.6 is 7.82 Å². The Morgan fingerprint density at radius 3 is 1.86 bits per heavy atom. The van der Waals surface area contributed by atoms with Crippen LogP contribution in [0.2, 0.25) is 0 Å². The van der Waals surface area contributed by atoms with E-state index < -0.39 is 185 Å². The van der Waals surface area contributed by atoms with Crippen molar-refractivity contribution in [2.75, 3.05) is 19.8 Å². The molecule has 0 radical (unpaired) electrons. The maximum absolute atomic E-state index is 13.8. The number of amides is 5. The Balaban J connectivity index is 1.51. The van der Waals surface area contributed by atoms with E-state index in [1.54, 1.807) is 13.0 Å². The number of carboxylic acid groups (broad SMARTS) is 1. The molecule has 0 bridgehead atoms. The fourth-order valence-corrected chi connectivity index (χ4v) is 11.1. The quantitative estimate of drug-likeness (QED) is 0.0288. The molecule has 4 rings (SSSR count). The maximum Gasteiger partial charge on any atom is 0.474 e. The molecule has 91 heavy (non-hydrogen) atoms. The first-order valence-electron chi connectivity index (χ1n) is 29.5. The van der Waals surface area contributed by atoms with E-state index >= 15 is 0 Å². The van der Waals surface area contributed by atoms with E-state index in [1.165, 1.54) is 18.1 Å². The lowest BCUT2D eigenvalue weighted by Gasteiger charge is -2.51. The van der Waals surface area contributed by atoms with Crippen LogP contribution in [0, 0.1) is 5.41 Å². The van der Waals surface area contributed by atoms with Gasteiger partial charge in [-0.3, -0.25) is 28.2 Å². The van der Waals surface area contributed by atoms with E-state index in [-0.39, 0.29) is 12.0 Å². The summed E-state index contributed by atoms with van der Waals surface area (Å²) < 4.78 is 75.6. The number of carboxylic acids is 1. The van der Waals surface area contributed by atoms with E-state index in [2.05, 4.69) is 76.1 Å². The zero-order valence-electron chi connectivity index (χ0n) is 52.8. The SMILES string of the molecule is C=C(CC=C(C)CCC=C(C)C)CCC(C)(C)C=CCCC(C)=CCOC(COP(=O)(O)OC1OC(C(N)=O)C(C)(O)C(OC(N)=O)C1OC1OC(CO)C(OC2OC(C)C(OC3OC(C(N)=O)C(O)C(O)C3O)C(O)C2NC(C)=O)C(O)C1NC(C)=O)C(=O)O. The van der Waals surface area contributed by atoms with E-state index in [4.69, 9.17) is 68.9 Å². The van der Waals surface area contributed by atoms with Crippen molar-refractivity contribution in [3.8, 4) is 0 Å². The average molecular weight is 1320 g/mol. The molecule has 0 aromatic carbocycles. The summed E-state index contributed by atoms with van der Waals surface area (Å²) in [7, 11) is -5.71. The van der Waals surface area contributed by atoms with E-state index in [0.717, 1.165) is 64.0 Å². The molecule has 4 fully saturated rings. The Labute approximate surface area is 527 Å². The summed E-state index contributed by atoms with van der Waals surface area (Å²) in [4.78, 5) is 86.2. The first kappa shape index (κ1) is 78.3. The van der Waals surface area contributed by atoms with Crippen LogP contribution in [0.15, 0.2) is 59.3 Å². The number of nitrogens with one attached hydrogen (secondary N) is 2. The summed E-state index contributed by atoms with van der Waals surface area (Å²) in [5, 5.41) is 92.4. The molecule has 4 aliphatic rings. The first-order chi connectivity index (χ1) is 42.3. The van der Waals surface area contributed by atoms with Crippen molar-refractivity contribution in [1.82, 2.24) is 10.6 Å². The minimum absolute atomic E-state index is 0.110. The molecular weight excluding hydrogens is 1230 g/mol. The fourth-order valence-electron chi connectivity index (χ4n) is 10.3. The molecule has 0 aromatic rings. The number of aliphatic carboxylic acids is 1. The van der Waals surface area contributed by atoms with E-state index in [1.807, 2.05) is 0 Å². The lowest BCUT2D eigenvalue weighted by molar-refractivity contribution is -0.370. The Hall–Kier alpha value is -5.17. The summed E-state index contributed by atoms with van der Waals surface area (Å²) in [5.41, 5.74) is 17.9. The van der Waals surface area contributed by atoms with Crippen LogP contribution in [0.4, 0.5) is 4.79 Å². The van der Waals surface area contributed by atoms with Gasteiger partial charge in [-0.1, -0.05) is 73.1 Å². The molecule has 0 aromatic heterocycles. The second-order valence-electron chi connectivity index (χ2n) is 24.2. The number of hydrogen-bond donors (Lipinski definition) is 14. The van der Waals surface area contributed by atoms with Crippen LogP contribution in [0.5, 0.6) is 0 Å². The Bertz CT molecular complexity index is 2670. The van der Waals surface area contributed by atoms with Gasteiger partial charge in [0.05, 0.1) is 25.9 Å². The number of aliphatic hydroxyl groups is 7. The van der Waals surface area contributed by atoms with Gasteiger partial charge in [0, 0.05) is 13.8 Å². The molecule has 518 valence electrons. The van der Waals surface area contributed by atoms with Crippen LogP contribution in [0.3, 0.4) is 0 Å². The molecule has 5 amide bonds. The third-order valence-electron chi connectivity index (χ3n) is 15.4. The van der Waals surface area contributed by atoms with Crippen LogP contribution in [-0.4, -0.2) is 230 Å². The van der Waals surface area contributed by atoms with E-state index in [0.29, 0.717) is 12.8 Å². The molecular formula is C58H94N5O27P. The summed E-state index contributed by atoms with van der Waals surface area (Å²) >= 11 is 0. The summed E-state index contributed by atoms with van der Waals surface area (Å²) in [6.45, 7) is 18.2. The van der Waals surface area contributed by atoms with Crippen LogP contribution < -0.4 is 27.8 Å². The number of carbonyl (C=O) groups excluding carboxylic acids is 5. The molecule has 0 spiro atoms. The van der Waals surface area contributed by atoms with Crippen LogP contribution in [0.25, 0.3) is 0 Å². The zero-order chi connectivity index (χ0) is 68.6. The number of ether oxygens (including phenoxy) is 9. The number of aliphatic hydroxyl groups excluding tert-OH is 6. The van der Waals surface area contributed by atoms with Crippen molar-refractivity contribution < 1.29 is 131 Å². The highest BCUT2D eigenvalue weighted by molar-refractivity contribution is 7.47. The van der Waals surface area contributed by atoms with Crippen molar-refractivity contribution in [2.45, 2.75) is 242 Å². The highest BCUT2D eigenvalue weighted by Gasteiger charge is 2.62. The third kappa shape index (κ3) is 23.1. The van der Waals surface area contributed by atoms with Gasteiger partial charge < -0.3 is 116 Å². The molecule has 33 heteroatoms. The highest BCUT2D eigenvalue weighted by Crippen LogP contribution is 2.49. The van der Waals surface area contributed by atoms with Crippen molar-refractivity contribution in [3.05, 3.63) is 59.3 Å². The summed E-state index contributed by atoms with van der Waals surface area (Å²) in [6.07, 6.45) is -21.7. The molecule has 17 N–H and O–H groups in total. The Morgan fingerprint density at radius 2 is 1.30 bits per heavy atom. The summed E-state index contributed by atoms with van der Waals surface area (Å²) in [5.74, 6) is -6.12. The average Bonchev–Trinajstić information content (AvgIpc) is 0.764. The number of hydrogen-bond acceptors (Lipinski definition) is 25. The number of phosphoric ester groups is 1. The first-order valence-corrected chi connectivity index (χ1v) is 31.0. The molecule has 32 nitrogen and oxygen atoms in total. The van der Waals surface area contributed by atoms with Gasteiger partial charge in [0.2, 0.25) is 23.6 Å². The second kappa shape index (κ2) is 34.8. The van der Waals surface area contributed by atoms with Gasteiger partial charge in [0.25, 0.3) is 0 Å². The molecule has 4 saturated heterocycles. The normalized spacial score (nSPS) is 34.3. The smallest absolute Gasteiger partial charge is 0.474 e. The van der Waals surface area contributed by atoms with Crippen LogP contribution in [-0.2, 0) is 80.2 Å². The fraction of sp³-hybridized carbons (Fsp3) is 0.724. The van der Waals surface area contributed by atoms with Crippen molar-refractivity contribution in [3.63, 3.8) is 0 Å². The topological polar surface area (TPSA) is 505 Å². The second-order valence-corrected chi connectivity index (χ2v) is 25.6. The number of phosphoric acid groups is 1.